The van der Waals surface area contributed by atoms with Crippen LogP contribution >= 0.6 is 23.6 Å². The molecular weight excluding hydrogens is 388 g/mol. The number of rotatable bonds is 5. The number of para-hydroxylation sites is 1. The summed E-state index contributed by atoms with van der Waals surface area (Å²) in [4.78, 5) is 6.05. The van der Waals surface area contributed by atoms with Crippen molar-refractivity contribution in [1.82, 2.24) is 24.8 Å². The van der Waals surface area contributed by atoms with Gasteiger partial charge in [0, 0.05) is 0 Å². The molecule has 2 aromatic heterocycles. The zero-order chi connectivity index (χ0) is 19.8. The first-order valence-corrected chi connectivity index (χ1v) is 10.4. The van der Waals surface area contributed by atoms with Gasteiger partial charge in [-0.2, -0.15) is 9.36 Å². The highest BCUT2D eigenvalue weighted by molar-refractivity contribution is 7.71. The normalized spacial score (nSPS) is 13.7. The fourth-order valence-corrected chi connectivity index (χ4v) is 4.48. The van der Waals surface area contributed by atoms with Gasteiger partial charge in [0.05, 0.1) is 23.0 Å². The molecule has 0 bridgehead atoms. The molecule has 2 heterocycles. The maximum Gasteiger partial charge on any atom is 0.225 e. The topological polar surface area (TPSA) is 53.0 Å². The van der Waals surface area contributed by atoms with Gasteiger partial charge in [-0.05, 0) is 72.7 Å². The second-order valence-corrected chi connectivity index (χ2v) is 8.64. The predicted molar refractivity (Wildman–Crippen MR) is 115 cm³/mol. The Hall–Kier alpha value is -2.42. The number of nitrogens with zero attached hydrogens (tertiary/aromatic N) is 5. The van der Waals surface area contributed by atoms with Gasteiger partial charge in [-0.15, -0.1) is 11.3 Å². The van der Waals surface area contributed by atoms with Crippen molar-refractivity contribution in [2.45, 2.75) is 33.5 Å². The van der Waals surface area contributed by atoms with Gasteiger partial charge in [-0.3, -0.25) is 0 Å². The lowest BCUT2D eigenvalue weighted by atomic mass is 10.1. The van der Waals surface area contributed by atoms with Crippen molar-refractivity contribution in [3.63, 3.8) is 0 Å². The van der Waals surface area contributed by atoms with E-state index in [4.69, 9.17) is 17.2 Å². The second-order valence-electron chi connectivity index (χ2n) is 7.21. The first kappa shape index (κ1) is 18.9. The summed E-state index contributed by atoms with van der Waals surface area (Å²) in [5.74, 6) is 0. The molecule has 1 unspecified atom stereocenters. The van der Waals surface area contributed by atoms with E-state index in [-0.39, 0.29) is 6.04 Å². The Bertz CT molecular complexity index is 1160. The Kier molecular flexibility index (Phi) is 5.09. The minimum Gasteiger partial charge on any atom is -0.311 e. The van der Waals surface area contributed by atoms with Crippen molar-refractivity contribution in [2.24, 2.45) is 0 Å². The third-order valence-corrected chi connectivity index (χ3v) is 6.65. The van der Waals surface area contributed by atoms with Crippen LogP contribution in [0.15, 0.2) is 42.5 Å². The summed E-state index contributed by atoms with van der Waals surface area (Å²) in [6.45, 7) is 6.93. The highest BCUT2D eigenvalue weighted by Gasteiger charge is 2.21. The molecule has 0 radical (unpaired) electrons. The zero-order valence-corrected chi connectivity index (χ0v) is 18.0. The minimum atomic E-state index is 0.227. The summed E-state index contributed by atoms with van der Waals surface area (Å²) in [5.41, 5.74) is 4.33. The van der Waals surface area contributed by atoms with Crippen molar-refractivity contribution < 1.29 is 4.90 Å². The molecule has 1 N–H and O–H groups in total. The smallest absolute Gasteiger partial charge is 0.225 e. The van der Waals surface area contributed by atoms with Crippen molar-refractivity contribution in [3.8, 4) is 5.69 Å². The van der Waals surface area contributed by atoms with Crippen LogP contribution < -0.4 is 4.90 Å². The van der Waals surface area contributed by atoms with Gasteiger partial charge in [0.15, 0.2) is 11.7 Å². The Morgan fingerprint density at radius 2 is 1.93 bits per heavy atom. The lowest BCUT2D eigenvalue weighted by molar-refractivity contribution is -0.933. The highest BCUT2D eigenvalue weighted by Crippen LogP contribution is 2.24. The molecule has 0 fully saturated rings. The van der Waals surface area contributed by atoms with Crippen LogP contribution in [0.4, 0.5) is 0 Å². The van der Waals surface area contributed by atoms with Gasteiger partial charge in [-0.25, -0.2) is 4.98 Å². The first-order valence-electron chi connectivity index (χ1n) is 9.22. The van der Waals surface area contributed by atoms with Crippen molar-refractivity contribution in [2.75, 3.05) is 7.05 Å². The molecule has 4 aromatic rings. The van der Waals surface area contributed by atoms with E-state index in [9.17, 15) is 0 Å². The number of fused-ring (bicyclic) bond motifs is 1. The lowest BCUT2D eigenvalue weighted by Crippen LogP contribution is -3.08. The average Bonchev–Trinajstić information content (AvgIpc) is 3.27. The largest absolute Gasteiger partial charge is 0.311 e. The molecule has 0 aliphatic carbocycles. The molecule has 28 heavy (non-hydrogen) atoms. The lowest BCUT2D eigenvalue weighted by Gasteiger charge is -2.19. The molecule has 8 heteroatoms. The minimum absolute atomic E-state index is 0.227. The number of thiazole rings is 1. The van der Waals surface area contributed by atoms with Crippen LogP contribution in [0.5, 0.6) is 0 Å². The van der Waals surface area contributed by atoms with Crippen LogP contribution in [0.2, 0.25) is 0 Å². The Balaban J connectivity index is 1.58. The van der Waals surface area contributed by atoms with E-state index < -0.39 is 0 Å². The standard InChI is InChI=1S/C20H22N6S2/c1-13-9-10-14(2)17(11-13)26-20(27)25(22-23-26)12-24(4)15(3)19-21-16-7-5-6-8-18(16)28-19/h5-11,15H,12H2,1-4H3/p+1/t15-/m1/s1. The number of hydrogen-bond donors (Lipinski definition) is 1. The van der Waals surface area contributed by atoms with Gasteiger partial charge in [-0.1, -0.05) is 24.3 Å². The molecule has 0 aliphatic heterocycles. The molecule has 0 amide bonds. The number of hydrogen-bond acceptors (Lipinski definition) is 5. The number of benzene rings is 2. The number of nitrogens with one attached hydrogen (secondary N) is 1. The maximum absolute atomic E-state index is 5.66. The summed E-state index contributed by atoms with van der Waals surface area (Å²) in [6.07, 6.45) is 0. The van der Waals surface area contributed by atoms with E-state index in [1.54, 1.807) is 20.7 Å². The SMILES string of the molecule is Cc1ccc(C)c(-n2nnn(C[NH+](C)[C@H](C)c3nc4ccccc4s3)c2=S)c1. The van der Waals surface area contributed by atoms with Gasteiger partial charge in [0.2, 0.25) is 4.77 Å². The van der Waals surface area contributed by atoms with Crippen LogP contribution in [-0.2, 0) is 6.67 Å². The molecule has 0 spiro atoms. The van der Waals surface area contributed by atoms with E-state index >= 15 is 0 Å². The number of tetrazole rings is 1. The molecule has 0 aliphatic rings. The number of aryl methyl sites for hydroxylation is 2. The van der Waals surface area contributed by atoms with Crippen LogP contribution in [0, 0.1) is 18.6 Å². The molecule has 6 nitrogen and oxygen atoms in total. The van der Waals surface area contributed by atoms with E-state index in [0.29, 0.717) is 11.4 Å². The molecule has 2 atom stereocenters. The molecule has 0 saturated carbocycles. The van der Waals surface area contributed by atoms with Crippen LogP contribution in [0.25, 0.3) is 15.9 Å². The van der Waals surface area contributed by atoms with E-state index in [2.05, 4.69) is 74.6 Å². The fraction of sp³-hybridized carbons (Fsp3) is 0.300. The van der Waals surface area contributed by atoms with Gasteiger partial charge in [0.1, 0.15) is 6.04 Å². The van der Waals surface area contributed by atoms with Gasteiger partial charge >= 0.3 is 0 Å². The van der Waals surface area contributed by atoms with Crippen LogP contribution in [0.1, 0.15) is 29.1 Å². The Morgan fingerprint density at radius 1 is 1.14 bits per heavy atom. The zero-order valence-electron chi connectivity index (χ0n) is 16.4. The Morgan fingerprint density at radius 3 is 2.71 bits per heavy atom. The van der Waals surface area contributed by atoms with Gasteiger partial charge in [0.25, 0.3) is 0 Å². The first-order chi connectivity index (χ1) is 13.4. The molecule has 4 rings (SSSR count). The fourth-order valence-electron chi connectivity index (χ4n) is 3.13. The van der Waals surface area contributed by atoms with Gasteiger partial charge < -0.3 is 4.90 Å². The van der Waals surface area contributed by atoms with Crippen LogP contribution in [0.3, 0.4) is 0 Å². The molecule has 2 aromatic carbocycles. The van der Waals surface area contributed by atoms with E-state index in [1.807, 2.05) is 6.07 Å². The third kappa shape index (κ3) is 3.50. The maximum atomic E-state index is 5.66. The number of aromatic nitrogens is 5. The highest BCUT2D eigenvalue weighted by atomic mass is 32.1. The van der Waals surface area contributed by atoms with Crippen molar-refractivity contribution in [1.29, 1.82) is 0 Å². The quantitative estimate of drug-likeness (QED) is 0.512. The molecular formula is C20H23N6S2+. The average molecular weight is 412 g/mol. The Labute approximate surface area is 173 Å². The van der Waals surface area contributed by atoms with E-state index in [1.165, 1.54) is 15.2 Å². The third-order valence-electron chi connectivity index (χ3n) is 5.05. The van der Waals surface area contributed by atoms with Crippen molar-refractivity contribution in [3.05, 3.63) is 63.4 Å². The summed E-state index contributed by atoms with van der Waals surface area (Å²) in [5, 5.41) is 9.73. The number of quaternary nitrogens is 1. The summed E-state index contributed by atoms with van der Waals surface area (Å²) in [7, 11) is 2.13. The van der Waals surface area contributed by atoms with E-state index in [0.717, 1.165) is 21.8 Å². The molecule has 0 saturated heterocycles. The second kappa shape index (κ2) is 7.54. The summed E-state index contributed by atoms with van der Waals surface area (Å²) in [6, 6.07) is 14.7. The monoisotopic (exact) mass is 411 g/mol. The molecule has 144 valence electrons. The predicted octanol–water partition coefficient (Wildman–Crippen LogP) is 3.26. The van der Waals surface area contributed by atoms with Crippen LogP contribution in [-0.4, -0.2) is 31.8 Å². The summed E-state index contributed by atoms with van der Waals surface area (Å²) < 4.78 is 5.35. The summed E-state index contributed by atoms with van der Waals surface area (Å²) >= 11 is 7.40. The van der Waals surface area contributed by atoms with Crippen molar-refractivity contribution >= 4 is 33.8 Å².